The fourth-order valence-electron chi connectivity index (χ4n) is 2.27. The van der Waals surface area contributed by atoms with E-state index in [4.69, 9.17) is 0 Å². The zero-order valence-electron chi connectivity index (χ0n) is 9.86. The summed E-state index contributed by atoms with van der Waals surface area (Å²) in [5.41, 5.74) is 3.84. The molecule has 0 atom stereocenters. The Balaban J connectivity index is 0.00000108. The van der Waals surface area contributed by atoms with Crippen LogP contribution < -0.4 is 5.56 Å². The first kappa shape index (κ1) is 12.1. The summed E-state index contributed by atoms with van der Waals surface area (Å²) >= 11 is 0. The highest BCUT2D eigenvalue weighted by Crippen LogP contribution is 2.19. The summed E-state index contributed by atoms with van der Waals surface area (Å²) < 4.78 is 1.55. The van der Waals surface area contributed by atoms with Crippen LogP contribution in [0.25, 0.3) is 5.65 Å². The van der Waals surface area contributed by atoms with Gasteiger partial charge in [0.25, 0.3) is 5.56 Å². The molecule has 3 heterocycles. The number of rotatable bonds is 0. The van der Waals surface area contributed by atoms with Gasteiger partial charge in [0.15, 0.2) is 5.65 Å². The van der Waals surface area contributed by atoms with Crippen molar-refractivity contribution in [3.8, 4) is 0 Å². The molecule has 0 fully saturated rings. The molecule has 0 spiro atoms. The van der Waals surface area contributed by atoms with E-state index in [1.807, 2.05) is 6.92 Å². The number of hydrogen-bond acceptors (Lipinski definition) is 3. The van der Waals surface area contributed by atoms with Crippen LogP contribution in [0.4, 0.5) is 0 Å². The van der Waals surface area contributed by atoms with Gasteiger partial charge in [0.2, 0.25) is 0 Å². The van der Waals surface area contributed by atoms with Gasteiger partial charge in [-0.15, -0.1) is 12.4 Å². The van der Waals surface area contributed by atoms with Gasteiger partial charge in [-0.1, -0.05) is 0 Å². The minimum atomic E-state index is -0.0282. The second-order valence-corrected chi connectivity index (χ2v) is 4.45. The number of hydrogen-bond donors (Lipinski definition) is 1. The maximum Gasteiger partial charge on any atom is 0.272 e. The summed E-state index contributed by atoms with van der Waals surface area (Å²) in [6, 6.07) is 1.55. The maximum absolute atomic E-state index is 11.8. The Morgan fingerprint density at radius 2 is 2.24 bits per heavy atom. The Hall–Kier alpha value is -1.33. The van der Waals surface area contributed by atoms with Crippen LogP contribution in [0.15, 0.2) is 10.9 Å². The fourth-order valence-corrected chi connectivity index (χ4v) is 2.27. The highest BCUT2D eigenvalue weighted by atomic mass is 35.5. The summed E-state index contributed by atoms with van der Waals surface area (Å²) in [7, 11) is 2.08. The molecule has 0 bridgehead atoms. The molecule has 1 N–H and O–H groups in total. The van der Waals surface area contributed by atoms with Crippen LogP contribution >= 0.6 is 12.4 Å². The van der Waals surface area contributed by atoms with Crippen LogP contribution in [-0.4, -0.2) is 33.1 Å². The number of H-pyrrole nitrogens is 1. The van der Waals surface area contributed by atoms with Gasteiger partial charge in [0, 0.05) is 42.5 Å². The van der Waals surface area contributed by atoms with Crippen molar-refractivity contribution in [3.63, 3.8) is 0 Å². The summed E-state index contributed by atoms with van der Waals surface area (Å²) in [4.78, 5) is 18.5. The van der Waals surface area contributed by atoms with Crippen LogP contribution in [0.3, 0.4) is 0 Å². The first-order chi connectivity index (χ1) is 7.65. The summed E-state index contributed by atoms with van der Waals surface area (Å²) in [6.45, 7) is 3.74. The van der Waals surface area contributed by atoms with Crippen LogP contribution in [0.1, 0.15) is 17.0 Å². The lowest BCUT2D eigenvalue weighted by molar-refractivity contribution is 0.312. The van der Waals surface area contributed by atoms with Crippen molar-refractivity contribution in [3.05, 3.63) is 33.4 Å². The van der Waals surface area contributed by atoms with Crippen molar-refractivity contribution in [2.24, 2.45) is 0 Å². The van der Waals surface area contributed by atoms with Crippen molar-refractivity contribution in [1.29, 1.82) is 0 Å². The molecule has 0 aromatic carbocycles. The van der Waals surface area contributed by atoms with E-state index in [1.54, 1.807) is 10.6 Å². The molecule has 17 heavy (non-hydrogen) atoms. The minimum absolute atomic E-state index is 0. The lowest BCUT2D eigenvalue weighted by atomic mass is 10.1. The van der Waals surface area contributed by atoms with Crippen LogP contribution in [0, 0.1) is 6.92 Å². The van der Waals surface area contributed by atoms with Gasteiger partial charge in [-0.25, -0.2) is 9.50 Å². The van der Waals surface area contributed by atoms with E-state index in [-0.39, 0.29) is 18.0 Å². The molecular formula is C11H15ClN4O. The number of halogens is 1. The molecule has 3 rings (SSSR count). The maximum atomic E-state index is 11.8. The molecule has 6 heteroatoms. The van der Waals surface area contributed by atoms with E-state index in [0.717, 1.165) is 42.1 Å². The molecule has 0 amide bonds. The monoisotopic (exact) mass is 254 g/mol. The lowest BCUT2D eigenvalue weighted by Crippen LogP contribution is -2.26. The van der Waals surface area contributed by atoms with E-state index in [2.05, 4.69) is 22.0 Å². The van der Waals surface area contributed by atoms with Crippen LogP contribution in [0.5, 0.6) is 0 Å². The molecule has 92 valence electrons. The van der Waals surface area contributed by atoms with E-state index in [0.29, 0.717) is 0 Å². The average molecular weight is 255 g/mol. The third-order valence-corrected chi connectivity index (χ3v) is 3.10. The Labute approximate surface area is 105 Å². The van der Waals surface area contributed by atoms with Gasteiger partial charge >= 0.3 is 0 Å². The second-order valence-electron chi connectivity index (χ2n) is 4.45. The summed E-state index contributed by atoms with van der Waals surface area (Å²) in [5.74, 6) is 0. The Kier molecular flexibility index (Phi) is 2.97. The van der Waals surface area contributed by atoms with Crippen molar-refractivity contribution < 1.29 is 0 Å². The molecule has 2 aromatic rings. The van der Waals surface area contributed by atoms with E-state index < -0.39 is 0 Å². The highest BCUT2D eigenvalue weighted by molar-refractivity contribution is 5.85. The molecule has 1 aliphatic heterocycles. The van der Waals surface area contributed by atoms with Crippen LogP contribution in [-0.2, 0) is 13.0 Å². The topological polar surface area (TPSA) is 53.4 Å². The Morgan fingerprint density at radius 1 is 1.47 bits per heavy atom. The number of likely N-dealkylation sites (N-methyl/N-ethyl adjacent to an activating group) is 1. The number of aryl methyl sites for hydroxylation is 1. The molecule has 5 nitrogen and oxygen atoms in total. The first-order valence-electron chi connectivity index (χ1n) is 5.44. The summed E-state index contributed by atoms with van der Waals surface area (Å²) in [5, 5.41) is 3.15. The molecular weight excluding hydrogens is 240 g/mol. The zero-order chi connectivity index (χ0) is 11.3. The van der Waals surface area contributed by atoms with Crippen molar-refractivity contribution in [2.45, 2.75) is 19.9 Å². The van der Waals surface area contributed by atoms with Crippen molar-refractivity contribution in [1.82, 2.24) is 19.5 Å². The van der Waals surface area contributed by atoms with Crippen molar-refractivity contribution in [2.75, 3.05) is 13.6 Å². The van der Waals surface area contributed by atoms with E-state index >= 15 is 0 Å². The predicted octanol–water partition coefficient (Wildman–Crippen LogP) is 0.741. The molecule has 1 aliphatic rings. The average Bonchev–Trinajstić information content (AvgIpc) is 2.57. The standard InChI is InChI=1S/C11H14N4O.ClH/c1-7-5-10(16)15-11(12-7)8-6-14(2)4-3-9(8)13-15;/h5,13H,3-4,6H2,1-2H3;1H. The largest absolute Gasteiger partial charge is 0.302 e. The molecule has 0 unspecified atom stereocenters. The van der Waals surface area contributed by atoms with Gasteiger partial charge in [-0.2, -0.15) is 0 Å². The quantitative estimate of drug-likeness (QED) is 0.755. The zero-order valence-corrected chi connectivity index (χ0v) is 10.7. The van der Waals surface area contributed by atoms with E-state index in [1.165, 1.54) is 0 Å². The predicted molar refractivity (Wildman–Crippen MR) is 67.8 cm³/mol. The SMILES string of the molecule is Cc1cc(=O)n2[nH]c3c(c2n1)CN(C)CC3.Cl. The smallest absolute Gasteiger partial charge is 0.272 e. The molecule has 2 aromatic heterocycles. The van der Waals surface area contributed by atoms with Gasteiger partial charge in [-0.05, 0) is 14.0 Å². The van der Waals surface area contributed by atoms with Gasteiger partial charge in [0.1, 0.15) is 0 Å². The number of nitrogens with zero attached hydrogens (tertiary/aromatic N) is 3. The van der Waals surface area contributed by atoms with Crippen LogP contribution in [0.2, 0.25) is 0 Å². The van der Waals surface area contributed by atoms with Gasteiger partial charge in [0.05, 0.1) is 0 Å². The number of aromatic nitrogens is 3. The highest BCUT2D eigenvalue weighted by Gasteiger charge is 2.20. The first-order valence-corrected chi connectivity index (χ1v) is 5.44. The molecule has 0 radical (unpaired) electrons. The Morgan fingerprint density at radius 3 is 3.00 bits per heavy atom. The Bertz CT molecular complexity index is 616. The normalized spacial score (nSPS) is 15.6. The number of aromatic amines is 1. The third kappa shape index (κ3) is 1.85. The lowest BCUT2D eigenvalue weighted by Gasteiger charge is -2.21. The second kappa shape index (κ2) is 4.16. The van der Waals surface area contributed by atoms with Gasteiger partial charge in [-0.3, -0.25) is 9.89 Å². The number of fused-ring (bicyclic) bond motifs is 3. The molecule has 0 aliphatic carbocycles. The molecule has 0 saturated heterocycles. The van der Waals surface area contributed by atoms with Crippen molar-refractivity contribution >= 4 is 18.1 Å². The van der Waals surface area contributed by atoms with Gasteiger partial charge < -0.3 is 4.90 Å². The fraction of sp³-hybridized carbons (Fsp3) is 0.455. The summed E-state index contributed by atoms with van der Waals surface area (Å²) in [6.07, 6.45) is 0.952. The number of nitrogens with one attached hydrogen (secondary N) is 1. The molecule has 0 saturated carbocycles. The minimum Gasteiger partial charge on any atom is -0.302 e. The third-order valence-electron chi connectivity index (χ3n) is 3.10. The van der Waals surface area contributed by atoms with E-state index in [9.17, 15) is 4.79 Å².